The maximum atomic E-state index is 5.72. The Kier molecular flexibility index (Phi) is 5.17. The molecule has 2 rings (SSSR count). The number of rotatable bonds is 5. The molecule has 1 heteroatoms. The van der Waals surface area contributed by atoms with Gasteiger partial charge in [0.25, 0.3) is 0 Å². The molecule has 2 fully saturated rings. The topological polar surface area (TPSA) is 9.23 Å². The quantitative estimate of drug-likeness (QED) is 0.546. The summed E-state index contributed by atoms with van der Waals surface area (Å²) >= 11 is 0. The van der Waals surface area contributed by atoms with E-state index in [1.807, 2.05) is 13.2 Å². The van der Waals surface area contributed by atoms with E-state index in [9.17, 15) is 0 Å². The summed E-state index contributed by atoms with van der Waals surface area (Å²) in [5.41, 5.74) is 0.832. The molecule has 0 aromatic carbocycles. The third-order valence-corrected chi connectivity index (χ3v) is 8.15. The highest BCUT2D eigenvalue weighted by Crippen LogP contribution is 2.63. The summed E-state index contributed by atoms with van der Waals surface area (Å²) in [5.74, 6) is 2.58. The highest BCUT2D eigenvalue weighted by Gasteiger charge is 2.54. The molecule has 0 spiro atoms. The van der Waals surface area contributed by atoms with Gasteiger partial charge in [-0.15, -0.1) is 6.58 Å². The van der Waals surface area contributed by atoms with Crippen molar-refractivity contribution >= 4 is 0 Å². The second-order valence-corrected chi connectivity index (χ2v) is 9.06. The zero-order valence-corrected chi connectivity index (χ0v) is 15.9. The molecule has 2 aliphatic rings. The van der Waals surface area contributed by atoms with Gasteiger partial charge in [-0.1, -0.05) is 46.6 Å². The lowest BCUT2D eigenvalue weighted by Crippen LogP contribution is -2.52. The van der Waals surface area contributed by atoms with Crippen LogP contribution in [0.5, 0.6) is 0 Å². The summed E-state index contributed by atoms with van der Waals surface area (Å²) in [7, 11) is 1.82. The SMILES string of the molecule is C=CC(C)(CC[C@]1(C)[C@@H](C)CC[C@]2(C)C(C)CCC[C@@H]12)OC. The lowest BCUT2D eigenvalue weighted by molar-refractivity contribution is -0.115. The van der Waals surface area contributed by atoms with Crippen LogP contribution >= 0.6 is 0 Å². The molecule has 6 atom stereocenters. The fourth-order valence-electron chi connectivity index (χ4n) is 5.56. The fourth-order valence-corrected chi connectivity index (χ4v) is 5.56. The first-order chi connectivity index (χ1) is 10.2. The van der Waals surface area contributed by atoms with Crippen LogP contribution in [0.1, 0.15) is 79.6 Å². The first-order valence-corrected chi connectivity index (χ1v) is 9.40. The lowest BCUT2D eigenvalue weighted by Gasteiger charge is -2.60. The minimum Gasteiger partial charge on any atom is -0.374 e. The van der Waals surface area contributed by atoms with E-state index in [1.165, 1.54) is 38.5 Å². The van der Waals surface area contributed by atoms with E-state index >= 15 is 0 Å². The van der Waals surface area contributed by atoms with Gasteiger partial charge in [0, 0.05) is 7.11 Å². The van der Waals surface area contributed by atoms with Gasteiger partial charge < -0.3 is 4.74 Å². The average molecular weight is 307 g/mol. The highest BCUT2D eigenvalue weighted by atomic mass is 16.5. The maximum absolute atomic E-state index is 5.72. The molecule has 0 saturated heterocycles. The van der Waals surface area contributed by atoms with E-state index in [0.717, 1.165) is 24.2 Å². The van der Waals surface area contributed by atoms with E-state index in [0.29, 0.717) is 10.8 Å². The van der Waals surface area contributed by atoms with Crippen LogP contribution in [-0.4, -0.2) is 12.7 Å². The smallest absolute Gasteiger partial charge is 0.0828 e. The molecule has 0 N–H and O–H groups in total. The Morgan fingerprint density at radius 2 is 1.86 bits per heavy atom. The Morgan fingerprint density at radius 3 is 2.45 bits per heavy atom. The molecule has 0 aromatic rings. The molecule has 0 aromatic heterocycles. The van der Waals surface area contributed by atoms with E-state index < -0.39 is 0 Å². The van der Waals surface area contributed by atoms with Crippen LogP contribution in [0.15, 0.2) is 12.7 Å². The van der Waals surface area contributed by atoms with Gasteiger partial charge in [0.1, 0.15) is 0 Å². The molecule has 22 heavy (non-hydrogen) atoms. The average Bonchev–Trinajstić information content (AvgIpc) is 2.51. The number of hydrogen-bond acceptors (Lipinski definition) is 1. The molecule has 2 unspecified atom stereocenters. The van der Waals surface area contributed by atoms with E-state index in [2.05, 4.69) is 41.2 Å². The largest absolute Gasteiger partial charge is 0.374 e. The summed E-state index contributed by atoms with van der Waals surface area (Å²) in [6.45, 7) is 16.3. The predicted molar refractivity (Wildman–Crippen MR) is 96.0 cm³/mol. The maximum Gasteiger partial charge on any atom is 0.0828 e. The number of fused-ring (bicyclic) bond motifs is 1. The van der Waals surface area contributed by atoms with Gasteiger partial charge in [0.15, 0.2) is 0 Å². The van der Waals surface area contributed by atoms with Crippen LogP contribution in [0.2, 0.25) is 0 Å². The molecule has 2 aliphatic carbocycles. The van der Waals surface area contributed by atoms with Crippen molar-refractivity contribution in [2.24, 2.45) is 28.6 Å². The molecule has 0 aliphatic heterocycles. The van der Waals surface area contributed by atoms with Crippen LogP contribution in [0, 0.1) is 28.6 Å². The van der Waals surface area contributed by atoms with Crippen molar-refractivity contribution in [2.75, 3.05) is 7.11 Å². The predicted octanol–water partition coefficient (Wildman–Crippen LogP) is 6.24. The molecule has 0 amide bonds. The zero-order valence-electron chi connectivity index (χ0n) is 15.9. The van der Waals surface area contributed by atoms with Crippen molar-refractivity contribution in [3.8, 4) is 0 Å². The number of ether oxygens (including phenoxy) is 1. The normalized spacial score (nSPS) is 44.9. The van der Waals surface area contributed by atoms with Crippen molar-refractivity contribution in [3.63, 3.8) is 0 Å². The third-order valence-electron chi connectivity index (χ3n) is 8.15. The second kappa shape index (κ2) is 6.30. The van der Waals surface area contributed by atoms with E-state index in [-0.39, 0.29) is 5.60 Å². The van der Waals surface area contributed by atoms with Gasteiger partial charge >= 0.3 is 0 Å². The first-order valence-electron chi connectivity index (χ1n) is 9.40. The fraction of sp³-hybridized carbons (Fsp3) is 0.905. The molecule has 0 heterocycles. The summed E-state index contributed by atoms with van der Waals surface area (Å²) in [6, 6.07) is 0. The van der Waals surface area contributed by atoms with Crippen molar-refractivity contribution in [1.82, 2.24) is 0 Å². The Balaban J connectivity index is 2.23. The summed E-state index contributed by atoms with van der Waals surface area (Å²) in [6.07, 6.45) is 11.5. The molecule has 0 radical (unpaired) electrons. The van der Waals surface area contributed by atoms with Gasteiger partial charge in [0.2, 0.25) is 0 Å². The first kappa shape index (κ1) is 18.0. The Hall–Kier alpha value is -0.300. The van der Waals surface area contributed by atoms with Crippen molar-refractivity contribution in [3.05, 3.63) is 12.7 Å². The lowest BCUT2D eigenvalue weighted by atomic mass is 9.45. The van der Waals surface area contributed by atoms with Crippen LogP contribution < -0.4 is 0 Å². The molecule has 0 bridgehead atoms. The summed E-state index contributed by atoms with van der Waals surface area (Å²) in [5, 5.41) is 0. The second-order valence-electron chi connectivity index (χ2n) is 9.06. The zero-order chi connectivity index (χ0) is 16.6. The standard InChI is InChI=1S/C21H38O/c1-8-19(4,22-7)14-15-21(6)17(3)12-13-20(5)16(2)10-9-11-18(20)21/h8,16-18H,1,9-15H2,2-7H3/t16?,17-,18+,19?,20+,21+/m0/s1. The Bertz CT molecular complexity index is 403. The Labute approximate surface area is 138 Å². The van der Waals surface area contributed by atoms with Gasteiger partial charge in [-0.3, -0.25) is 0 Å². The van der Waals surface area contributed by atoms with Crippen LogP contribution in [0.3, 0.4) is 0 Å². The monoisotopic (exact) mass is 306 g/mol. The van der Waals surface area contributed by atoms with E-state index in [4.69, 9.17) is 4.74 Å². The third kappa shape index (κ3) is 2.90. The Morgan fingerprint density at radius 1 is 1.18 bits per heavy atom. The van der Waals surface area contributed by atoms with Gasteiger partial charge in [-0.05, 0) is 67.6 Å². The minimum absolute atomic E-state index is 0.170. The molecular weight excluding hydrogens is 268 g/mol. The molecule has 128 valence electrons. The molecule has 2 saturated carbocycles. The van der Waals surface area contributed by atoms with E-state index in [1.54, 1.807) is 0 Å². The van der Waals surface area contributed by atoms with Crippen LogP contribution in [0.25, 0.3) is 0 Å². The number of hydrogen-bond donors (Lipinski definition) is 0. The van der Waals surface area contributed by atoms with Gasteiger partial charge in [-0.2, -0.15) is 0 Å². The van der Waals surface area contributed by atoms with Gasteiger partial charge in [-0.25, -0.2) is 0 Å². The summed E-state index contributed by atoms with van der Waals surface area (Å²) < 4.78 is 5.72. The number of methoxy groups -OCH3 is 1. The molecular formula is C21H38O. The van der Waals surface area contributed by atoms with Gasteiger partial charge in [0.05, 0.1) is 5.60 Å². The van der Waals surface area contributed by atoms with Crippen molar-refractivity contribution in [1.29, 1.82) is 0 Å². The summed E-state index contributed by atoms with van der Waals surface area (Å²) in [4.78, 5) is 0. The minimum atomic E-state index is -0.170. The molecule has 1 nitrogen and oxygen atoms in total. The highest BCUT2D eigenvalue weighted by molar-refractivity contribution is 5.05. The van der Waals surface area contributed by atoms with Crippen molar-refractivity contribution in [2.45, 2.75) is 85.2 Å². The van der Waals surface area contributed by atoms with Crippen LogP contribution in [-0.2, 0) is 4.74 Å². The van der Waals surface area contributed by atoms with Crippen LogP contribution in [0.4, 0.5) is 0 Å². The van der Waals surface area contributed by atoms with Crippen molar-refractivity contribution < 1.29 is 4.74 Å².